The molecule has 2 N–H and O–H groups in total. The van der Waals surface area contributed by atoms with Crippen LogP contribution in [0.2, 0.25) is 0 Å². The summed E-state index contributed by atoms with van der Waals surface area (Å²) in [5.74, 6) is 0. The lowest BCUT2D eigenvalue weighted by atomic mass is 10.3. The van der Waals surface area contributed by atoms with Crippen molar-refractivity contribution in [2.24, 2.45) is 5.73 Å². The van der Waals surface area contributed by atoms with E-state index in [1.54, 1.807) is 7.11 Å². The third kappa shape index (κ3) is 11.0. The summed E-state index contributed by atoms with van der Waals surface area (Å²) >= 11 is 0. The Morgan fingerprint density at radius 1 is 0.800 bits per heavy atom. The topological polar surface area (TPSA) is 35.2 Å². The van der Waals surface area contributed by atoms with Gasteiger partial charge in [-0.05, 0) is 27.8 Å². The minimum absolute atomic E-state index is 0.903. The standard InChI is InChI=1S/C10H24NO.C6H6.CH5N/c1-5-11(6-2,7-3)9-8-10-12-4;1-2-4-6-5-3-1;1-2/h5-10H2,1-4H3;1-6H;2H2,1H3/q+1;;. The van der Waals surface area contributed by atoms with Crippen molar-refractivity contribution in [2.45, 2.75) is 27.2 Å². The summed E-state index contributed by atoms with van der Waals surface area (Å²) in [5.41, 5.74) is 4.50. The first kappa shape index (κ1) is 21.4. The summed E-state index contributed by atoms with van der Waals surface area (Å²) in [7, 11) is 3.28. The van der Waals surface area contributed by atoms with E-state index < -0.39 is 0 Å². The highest BCUT2D eigenvalue weighted by molar-refractivity contribution is 4.99. The van der Waals surface area contributed by atoms with Crippen LogP contribution >= 0.6 is 0 Å². The third-order valence-corrected chi connectivity index (χ3v) is 3.66. The van der Waals surface area contributed by atoms with Crippen molar-refractivity contribution in [1.82, 2.24) is 0 Å². The molecule has 0 saturated carbocycles. The molecule has 0 spiro atoms. The van der Waals surface area contributed by atoms with Gasteiger partial charge in [0.25, 0.3) is 0 Å². The molecule has 118 valence electrons. The second-order valence-corrected chi connectivity index (χ2v) is 4.51. The molecule has 0 aliphatic heterocycles. The molecule has 0 bridgehead atoms. The maximum absolute atomic E-state index is 5.06. The number of rotatable bonds is 7. The second kappa shape index (κ2) is 16.2. The molecule has 1 rings (SSSR count). The van der Waals surface area contributed by atoms with Crippen LogP contribution in [0.25, 0.3) is 0 Å². The van der Waals surface area contributed by atoms with Crippen LogP contribution in [-0.2, 0) is 4.74 Å². The number of ether oxygens (including phenoxy) is 1. The summed E-state index contributed by atoms with van der Waals surface area (Å²) in [5, 5.41) is 0. The molecule has 20 heavy (non-hydrogen) atoms. The quantitative estimate of drug-likeness (QED) is 0.616. The van der Waals surface area contributed by atoms with Gasteiger partial charge in [-0.3, -0.25) is 0 Å². The van der Waals surface area contributed by atoms with Gasteiger partial charge in [0.05, 0.1) is 32.8 Å². The average molecular weight is 283 g/mol. The van der Waals surface area contributed by atoms with E-state index in [0.29, 0.717) is 0 Å². The van der Waals surface area contributed by atoms with Crippen LogP contribution in [0.1, 0.15) is 27.2 Å². The maximum Gasteiger partial charge on any atom is 0.0808 e. The Bertz CT molecular complexity index is 226. The highest BCUT2D eigenvalue weighted by atomic mass is 16.5. The van der Waals surface area contributed by atoms with Crippen molar-refractivity contribution in [3.63, 3.8) is 0 Å². The van der Waals surface area contributed by atoms with Crippen molar-refractivity contribution in [2.75, 3.05) is 46.9 Å². The predicted molar refractivity (Wildman–Crippen MR) is 89.8 cm³/mol. The molecule has 0 aromatic heterocycles. The fraction of sp³-hybridized carbons (Fsp3) is 0.647. The number of nitrogens with zero attached hydrogens (tertiary/aromatic N) is 1. The van der Waals surface area contributed by atoms with E-state index in [2.05, 4.69) is 26.5 Å². The minimum Gasteiger partial charge on any atom is -0.384 e. The Balaban J connectivity index is 0. The highest BCUT2D eigenvalue weighted by Gasteiger charge is 2.19. The summed E-state index contributed by atoms with van der Waals surface area (Å²) in [6.45, 7) is 12.7. The van der Waals surface area contributed by atoms with E-state index in [1.165, 1.54) is 44.1 Å². The van der Waals surface area contributed by atoms with Gasteiger partial charge in [-0.25, -0.2) is 0 Å². The molecule has 1 aromatic carbocycles. The van der Waals surface area contributed by atoms with Crippen molar-refractivity contribution in [3.8, 4) is 0 Å². The van der Waals surface area contributed by atoms with E-state index in [4.69, 9.17) is 4.74 Å². The van der Waals surface area contributed by atoms with Gasteiger partial charge < -0.3 is 15.0 Å². The summed E-state index contributed by atoms with van der Waals surface area (Å²) < 4.78 is 6.30. The SMILES string of the molecule is CC[N+](CC)(CC)CCCOC.CN.c1ccccc1. The molecule has 0 unspecified atom stereocenters. The van der Waals surface area contributed by atoms with Crippen LogP contribution in [0.15, 0.2) is 36.4 Å². The van der Waals surface area contributed by atoms with Crippen LogP contribution in [0.5, 0.6) is 0 Å². The largest absolute Gasteiger partial charge is 0.384 e. The zero-order valence-electron chi connectivity index (χ0n) is 14.1. The molecule has 1 aromatic rings. The first-order valence-corrected chi connectivity index (χ1v) is 7.66. The normalized spacial score (nSPS) is 9.90. The summed E-state index contributed by atoms with van der Waals surface area (Å²) in [6.07, 6.45) is 1.19. The number of hydrogen-bond donors (Lipinski definition) is 1. The summed E-state index contributed by atoms with van der Waals surface area (Å²) in [4.78, 5) is 0. The number of benzene rings is 1. The smallest absolute Gasteiger partial charge is 0.0808 e. The molecule has 0 fully saturated rings. The fourth-order valence-electron chi connectivity index (χ4n) is 2.07. The Hall–Kier alpha value is -0.900. The molecular formula is C17H35N2O+. The number of hydrogen-bond acceptors (Lipinski definition) is 2. The first-order valence-electron chi connectivity index (χ1n) is 7.66. The predicted octanol–water partition coefficient (Wildman–Crippen LogP) is 3.16. The van der Waals surface area contributed by atoms with Crippen LogP contribution < -0.4 is 5.73 Å². The van der Waals surface area contributed by atoms with Crippen molar-refractivity contribution in [3.05, 3.63) is 36.4 Å². The van der Waals surface area contributed by atoms with Crippen molar-refractivity contribution >= 4 is 0 Å². The van der Waals surface area contributed by atoms with Gasteiger partial charge in [-0.1, -0.05) is 36.4 Å². The van der Waals surface area contributed by atoms with Gasteiger partial charge in [-0.15, -0.1) is 0 Å². The first-order chi connectivity index (χ1) is 9.74. The minimum atomic E-state index is 0.903. The molecule has 0 heterocycles. The van der Waals surface area contributed by atoms with Gasteiger partial charge in [-0.2, -0.15) is 0 Å². The lowest BCUT2D eigenvalue weighted by Gasteiger charge is -2.35. The van der Waals surface area contributed by atoms with Gasteiger partial charge in [0.1, 0.15) is 0 Å². The van der Waals surface area contributed by atoms with Gasteiger partial charge in [0, 0.05) is 13.5 Å². The maximum atomic E-state index is 5.06. The molecule has 0 aliphatic carbocycles. The van der Waals surface area contributed by atoms with Gasteiger partial charge >= 0.3 is 0 Å². The number of nitrogens with two attached hydrogens (primary N) is 1. The van der Waals surface area contributed by atoms with E-state index in [9.17, 15) is 0 Å². The van der Waals surface area contributed by atoms with E-state index in [1.807, 2.05) is 36.4 Å². The molecule has 0 aliphatic rings. The van der Waals surface area contributed by atoms with E-state index in [0.717, 1.165) is 6.61 Å². The Morgan fingerprint density at radius 3 is 1.40 bits per heavy atom. The molecule has 0 amide bonds. The third-order valence-electron chi connectivity index (χ3n) is 3.66. The number of quaternary nitrogens is 1. The van der Waals surface area contributed by atoms with Gasteiger partial charge in [0.15, 0.2) is 0 Å². The molecule has 0 atom stereocenters. The van der Waals surface area contributed by atoms with Crippen LogP contribution in [-0.4, -0.2) is 51.4 Å². The Kier molecular flexibility index (Phi) is 17.3. The highest BCUT2D eigenvalue weighted by Crippen LogP contribution is 2.06. The molecule has 0 radical (unpaired) electrons. The van der Waals surface area contributed by atoms with E-state index in [-0.39, 0.29) is 0 Å². The Labute approximate surface area is 126 Å². The van der Waals surface area contributed by atoms with Crippen LogP contribution in [0.3, 0.4) is 0 Å². The molecular weight excluding hydrogens is 248 g/mol. The lowest BCUT2D eigenvalue weighted by molar-refractivity contribution is -0.923. The lowest BCUT2D eigenvalue weighted by Crippen LogP contribution is -2.48. The molecule has 3 nitrogen and oxygen atoms in total. The molecule has 0 saturated heterocycles. The molecule has 3 heteroatoms. The van der Waals surface area contributed by atoms with Crippen molar-refractivity contribution in [1.29, 1.82) is 0 Å². The average Bonchev–Trinajstić information content (AvgIpc) is 2.56. The Morgan fingerprint density at radius 2 is 1.15 bits per heavy atom. The fourth-order valence-corrected chi connectivity index (χ4v) is 2.07. The monoisotopic (exact) mass is 283 g/mol. The number of methoxy groups -OCH3 is 1. The van der Waals surface area contributed by atoms with Crippen LogP contribution in [0.4, 0.5) is 0 Å². The van der Waals surface area contributed by atoms with Crippen LogP contribution in [0, 0.1) is 0 Å². The summed E-state index contributed by atoms with van der Waals surface area (Å²) in [6, 6.07) is 12.0. The van der Waals surface area contributed by atoms with Gasteiger partial charge in [0.2, 0.25) is 0 Å². The van der Waals surface area contributed by atoms with Crippen molar-refractivity contribution < 1.29 is 9.22 Å². The zero-order valence-corrected chi connectivity index (χ0v) is 14.1. The second-order valence-electron chi connectivity index (χ2n) is 4.51. The van der Waals surface area contributed by atoms with E-state index >= 15 is 0 Å². The zero-order chi connectivity index (χ0) is 15.7.